The Hall–Kier alpha value is -2.87. The van der Waals surface area contributed by atoms with Crippen LogP contribution in [0.25, 0.3) is 6.08 Å². The van der Waals surface area contributed by atoms with E-state index in [4.69, 9.17) is 9.47 Å². The summed E-state index contributed by atoms with van der Waals surface area (Å²) in [4.78, 5) is 24.5. The van der Waals surface area contributed by atoms with Crippen LogP contribution in [0.5, 0.6) is 11.5 Å². The van der Waals surface area contributed by atoms with Gasteiger partial charge in [-0.15, -0.1) is 0 Å². The second-order valence-corrected chi connectivity index (χ2v) is 6.66. The van der Waals surface area contributed by atoms with Gasteiger partial charge in [0.2, 0.25) is 0 Å². The third-order valence-electron chi connectivity index (χ3n) is 3.92. The van der Waals surface area contributed by atoms with Crippen LogP contribution in [-0.4, -0.2) is 31.0 Å². The van der Waals surface area contributed by atoms with E-state index < -0.39 is 11.9 Å². The molecular weight excluding hydrogens is 419 g/mol. The number of methoxy groups -OCH3 is 1. The summed E-state index contributed by atoms with van der Waals surface area (Å²) in [5.41, 5.74) is 1.48. The van der Waals surface area contributed by atoms with Crippen molar-refractivity contribution in [2.45, 2.75) is 6.61 Å². The van der Waals surface area contributed by atoms with Crippen LogP contribution in [0.3, 0.4) is 0 Å². The van der Waals surface area contributed by atoms with Gasteiger partial charge in [-0.1, -0.05) is 12.1 Å². The fourth-order valence-corrected chi connectivity index (χ4v) is 3.11. The van der Waals surface area contributed by atoms with E-state index in [1.54, 1.807) is 30.3 Å². The van der Waals surface area contributed by atoms with E-state index in [1.807, 2.05) is 0 Å². The fraction of sp³-hybridized carbons (Fsp3) is 0.158. The van der Waals surface area contributed by atoms with Crippen LogP contribution in [0.15, 0.2) is 46.6 Å². The van der Waals surface area contributed by atoms with Crippen molar-refractivity contribution >= 4 is 33.9 Å². The zero-order chi connectivity index (χ0) is 19.6. The molecule has 2 aromatic rings. The standard InChI is InChI=1S/C19H16BrFN2O4/c1-23-18(24)15(22-19(23)25)8-12-7-14(20)17(16(9-12)26-2)27-10-11-4-3-5-13(21)6-11/h3-9H,10H2,1-2H3,(H,22,25)/b15-8+. The van der Waals surface area contributed by atoms with E-state index >= 15 is 0 Å². The summed E-state index contributed by atoms with van der Waals surface area (Å²) in [5.74, 6) is 0.124. The van der Waals surface area contributed by atoms with Crippen LogP contribution in [0.1, 0.15) is 11.1 Å². The van der Waals surface area contributed by atoms with Gasteiger partial charge in [-0.2, -0.15) is 0 Å². The second-order valence-electron chi connectivity index (χ2n) is 5.81. The lowest BCUT2D eigenvalue weighted by atomic mass is 10.1. The van der Waals surface area contributed by atoms with Crippen LogP contribution in [0, 0.1) is 5.82 Å². The monoisotopic (exact) mass is 434 g/mol. The third kappa shape index (κ3) is 4.11. The number of ether oxygens (including phenoxy) is 2. The quantitative estimate of drug-likeness (QED) is 0.575. The molecule has 0 unspecified atom stereocenters. The fourth-order valence-electron chi connectivity index (χ4n) is 2.54. The number of nitrogens with zero attached hydrogens (tertiary/aromatic N) is 1. The highest BCUT2D eigenvalue weighted by Gasteiger charge is 2.30. The predicted molar refractivity (Wildman–Crippen MR) is 101 cm³/mol. The first-order valence-corrected chi connectivity index (χ1v) is 8.74. The molecule has 0 aliphatic carbocycles. The Morgan fingerprint density at radius 3 is 2.67 bits per heavy atom. The van der Waals surface area contributed by atoms with E-state index in [0.29, 0.717) is 27.1 Å². The van der Waals surface area contributed by atoms with Crippen molar-refractivity contribution in [3.63, 3.8) is 0 Å². The van der Waals surface area contributed by atoms with Crippen molar-refractivity contribution in [3.8, 4) is 11.5 Å². The van der Waals surface area contributed by atoms with E-state index in [0.717, 1.165) is 4.90 Å². The summed E-state index contributed by atoms with van der Waals surface area (Å²) in [6.45, 7) is 0.159. The lowest BCUT2D eigenvalue weighted by Gasteiger charge is -2.14. The van der Waals surface area contributed by atoms with E-state index in [2.05, 4.69) is 21.2 Å². The molecule has 140 valence electrons. The van der Waals surface area contributed by atoms with Crippen LogP contribution in [-0.2, 0) is 11.4 Å². The van der Waals surface area contributed by atoms with Gasteiger partial charge in [0.15, 0.2) is 11.5 Å². The molecule has 2 aromatic carbocycles. The molecule has 0 radical (unpaired) electrons. The molecule has 6 nitrogen and oxygen atoms in total. The highest BCUT2D eigenvalue weighted by Crippen LogP contribution is 2.38. The van der Waals surface area contributed by atoms with E-state index in [1.165, 1.54) is 26.3 Å². The minimum absolute atomic E-state index is 0.159. The Labute approximate surface area is 163 Å². The van der Waals surface area contributed by atoms with Crippen molar-refractivity contribution in [1.29, 1.82) is 0 Å². The highest BCUT2D eigenvalue weighted by atomic mass is 79.9. The number of hydrogen-bond acceptors (Lipinski definition) is 4. The lowest BCUT2D eigenvalue weighted by molar-refractivity contribution is -0.121. The molecule has 0 saturated carbocycles. The van der Waals surface area contributed by atoms with Gasteiger partial charge in [-0.05, 0) is 57.4 Å². The topological polar surface area (TPSA) is 67.9 Å². The van der Waals surface area contributed by atoms with Crippen LogP contribution in [0.4, 0.5) is 9.18 Å². The van der Waals surface area contributed by atoms with Gasteiger partial charge in [0.25, 0.3) is 5.91 Å². The Morgan fingerprint density at radius 1 is 1.26 bits per heavy atom. The molecule has 1 aliphatic heterocycles. The maximum absolute atomic E-state index is 13.3. The van der Waals surface area contributed by atoms with Crippen molar-refractivity contribution in [1.82, 2.24) is 10.2 Å². The molecule has 3 rings (SSSR count). The Kier molecular flexibility index (Phi) is 5.46. The van der Waals surface area contributed by atoms with Crippen molar-refractivity contribution < 1.29 is 23.5 Å². The first kappa shape index (κ1) is 18.9. The number of nitrogens with one attached hydrogen (secondary N) is 1. The highest BCUT2D eigenvalue weighted by molar-refractivity contribution is 9.10. The lowest BCUT2D eigenvalue weighted by Crippen LogP contribution is -2.25. The van der Waals surface area contributed by atoms with Crippen molar-refractivity contribution in [2.75, 3.05) is 14.2 Å². The molecule has 1 heterocycles. The van der Waals surface area contributed by atoms with Crippen LogP contribution < -0.4 is 14.8 Å². The maximum Gasteiger partial charge on any atom is 0.328 e. The molecule has 1 aliphatic rings. The number of carbonyl (C=O) groups excluding carboxylic acids is 2. The summed E-state index contributed by atoms with van der Waals surface area (Å²) >= 11 is 3.42. The van der Waals surface area contributed by atoms with Gasteiger partial charge in [-0.3, -0.25) is 9.69 Å². The minimum Gasteiger partial charge on any atom is -0.493 e. The molecule has 1 saturated heterocycles. The number of urea groups is 1. The summed E-state index contributed by atoms with van der Waals surface area (Å²) < 4.78 is 25.0. The molecule has 1 N–H and O–H groups in total. The van der Waals surface area contributed by atoms with Crippen molar-refractivity contribution in [2.24, 2.45) is 0 Å². The van der Waals surface area contributed by atoms with Crippen LogP contribution >= 0.6 is 15.9 Å². The largest absolute Gasteiger partial charge is 0.493 e. The van der Waals surface area contributed by atoms with Gasteiger partial charge in [0.1, 0.15) is 18.1 Å². The normalized spacial score (nSPS) is 15.3. The number of amides is 3. The van der Waals surface area contributed by atoms with Crippen LogP contribution in [0.2, 0.25) is 0 Å². The first-order valence-electron chi connectivity index (χ1n) is 7.94. The summed E-state index contributed by atoms with van der Waals surface area (Å²) in [5, 5.41) is 2.50. The summed E-state index contributed by atoms with van der Waals surface area (Å²) in [7, 11) is 2.89. The second kappa shape index (κ2) is 7.79. The number of carbonyl (C=O) groups is 2. The summed E-state index contributed by atoms with van der Waals surface area (Å²) in [6, 6.07) is 9.05. The predicted octanol–water partition coefficient (Wildman–Crippen LogP) is 3.70. The number of halogens is 2. The zero-order valence-corrected chi connectivity index (χ0v) is 16.2. The van der Waals surface area contributed by atoms with Gasteiger partial charge in [0, 0.05) is 7.05 Å². The van der Waals surface area contributed by atoms with Crippen molar-refractivity contribution in [3.05, 3.63) is 63.5 Å². The Morgan fingerprint density at radius 2 is 2.04 bits per heavy atom. The Balaban J connectivity index is 1.85. The molecule has 0 aromatic heterocycles. The average Bonchev–Trinajstić information content (AvgIpc) is 2.87. The van der Waals surface area contributed by atoms with Gasteiger partial charge in [-0.25, -0.2) is 9.18 Å². The molecule has 8 heteroatoms. The molecule has 1 fully saturated rings. The van der Waals surface area contributed by atoms with E-state index in [-0.39, 0.29) is 18.1 Å². The number of hydrogen-bond donors (Lipinski definition) is 1. The Bertz CT molecular complexity index is 945. The number of rotatable bonds is 5. The first-order chi connectivity index (χ1) is 12.9. The average molecular weight is 435 g/mol. The van der Waals surface area contributed by atoms with Gasteiger partial charge < -0.3 is 14.8 Å². The van der Waals surface area contributed by atoms with E-state index in [9.17, 15) is 14.0 Å². The summed E-state index contributed by atoms with van der Waals surface area (Å²) in [6.07, 6.45) is 1.55. The van der Waals surface area contributed by atoms with Gasteiger partial charge in [0.05, 0.1) is 11.6 Å². The molecule has 0 spiro atoms. The number of imide groups is 1. The number of likely N-dealkylation sites (N-methyl/N-ethyl adjacent to an activating group) is 1. The SMILES string of the molecule is COc1cc(/C=C2/NC(=O)N(C)C2=O)cc(Br)c1OCc1cccc(F)c1. The molecular formula is C19H16BrFN2O4. The maximum atomic E-state index is 13.3. The smallest absolute Gasteiger partial charge is 0.328 e. The number of benzene rings is 2. The molecule has 3 amide bonds. The molecule has 27 heavy (non-hydrogen) atoms. The molecule has 0 atom stereocenters. The minimum atomic E-state index is -0.479. The zero-order valence-electron chi connectivity index (χ0n) is 14.6. The molecule has 0 bridgehead atoms. The van der Waals surface area contributed by atoms with Gasteiger partial charge >= 0.3 is 6.03 Å². The third-order valence-corrected chi connectivity index (χ3v) is 4.51.